The molecule has 2 aromatic carbocycles. The molecule has 0 aliphatic heterocycles. The van der Waals surface area contributed by atoms with Crippen LogP contribution in [0.5, 0.6) is 0 Å². The third kappa shape index (κ3) is 4.24. The second-order valence-corrected chi connectivity index (χ2v) is 7.44. The highest BCUT2D eigenvalue weighted by molar-refractivity contribution is 5.86. The molecule has 0 radical (unpaired) electrons. The van der Waals surface area contributed by atoms with Crippen molar-refractivity contribution in [2.75, 3.05) is 0 Å². The quantitative estimate of drug-likeness (QED) is 0.599. The van der Waals surface area contributed by atoms with Crippen molar-refractivity contribution in [2.45, 2.75) is 59.0 Å². The molecule has 2 atom stereocenters. The van der Waals surface area contributed by atoms with E-state index >= 15 is 0 Å². The van der Waals surface area contributed by atoms with Crippen molar-refractivity contribution >= 4 is 16.8 Å². The van der Waals surface area contributed by atoms with E-state index in [1.165, 1.54) is 27.6 Å². The maximum atomic E-state index is 12.7. The third-order valence-electron chi connectivity index (χ3n) is 5.39. The SMILES string of the molecule is CC[C@H](C)NC(=O)C[C@@H](c1cccc(C)c1)c1cn(CC)c2ccccc12. The Balaban J connectivity index is 2.06. The Morgan fingerprint density at radius 1 is 1.11 bits per heavy atom. The smallest absolute Gasteiger partial charge is 0.221 e. The molecule has 0 saturated heterocycles. The lowest BCUT2D eigenvalue weighted by Gasteiger charge is -2.19. The second kappa shape index (κ2) is 8.43. The van der Waals surface area contributed by atoms with E-state index in [2.05, 4.69) is 92.3 Å². The Morgan fingerprint density at radius 2 is 1.89 bits per heavy atom. The number of hydrogen-bond donors (Lipinski definition) is 1. The summed E-state index contributed by atoms with van der Waals surface area (Å²) in [6, 6.07) is 17.2. The number of rotatable bonds is 7. The molecule has 0 unspecified atom stereocenters. The predicted molar refractivity (Wildman–Crippen MR) is 113 cm³/mol. The van der Waals surface area contributed by atoms with Crippen LogP contribution in [0.15, 0.2) is 54.7 Å². The molecule has 142 valence electrons. The summed E-state index contributed by atoms with van der Waals surface area (Å²) in [5, 5.41) is 4.38. The van der Waals surface area contributed by atoms with Crippen LogP contribution in [0.3, 0.4) is 0 Å². The van der Waals surface area contributed by atoms with E-state index in [9.17, 15) is 4.79 Å². The predicted octanol–water partition coefficient (Wildman–Crippen LogP) is 5.41. The number of amides is 1. The van der Waals surface area contributed by atoms with Crippen LogP contribution in [0.2, 0.25) is 0 Å². The molecule has 0 saturated carbocycles. The fourth-order valence-electron chi connectivity index (χ4n) is 3.73. The summed E-state index contributed by atoms with van der Waals surface area (Å²) in [4.78, 5) is 12.7. The number of aromatic nitrogens is 1. The number of hydrogen-bond acceptors (Lipinski definition) is 1. The van der Waals surface area contributed by atoms with E-state index in [-0.39, 0.29) is 17.9 Å². The number of nitrogens with zero attached hydrogens (tertiary/aromatic N) is 1. The third-order valence-corrected chi connectivity index (χ3v) is 5.39. The number of benzene rings is 2. The number of fused-ring (bicyclic) bond motifs is 1. The first-order valence-corrected chi connectivity index (χ1v) is 9.97. The summed E-state index contributed by atoms with van der Waals surface area (Å²) >= 11 is 0. The minimum absolute atomic E-state index is 0.0478. The molecular weight excluding hydrogens is 332 g/mol. The van der Waals surface area contributed by atoms with Crippen LogP contribution in [-0.4, -0.2) is 16.5 Å². The van der Waals surface area contributed by atoms with Gasteiger partial charge in [-0.15, -0.1) is 0 Å². The van der Waals surface area contributed by atoms with E-state index < -0.39 is 0 Å². The summed E-state index contributed by atoms with van der Waals surface area (Å²) in [5.41, 5.74) is 4.89. The number of aryl methyl sites for hydroxylation is 2. The van der Waals surface area contributed by atoms with Gasteiger partial charge in [0.2, 0.25) is 5.91 Å². The van der Waals surface area contributed by atoms with E-state index in [1.807, 2.05) is 0 Å². The van der Waals surface area contributed by atoms with Crippen LogP contribution in [-0.2, 0) is 11.3 Å². The van der Waals surface area contributed by atoms with Gasteiger partial charge in [0.15, 0.2) is 0 Å². The lowest BCUT2D eigenvalue weighted by atomic mass is 9.87. The van der Waals surface area contributed by atoms with Crippen LogP contribution < -0.4 is 5.32 Å². The highest BCUT2D eigenvalue weighted by Gasteiger charge is 2.23. The van der Waals surface area contributed by atoms with Crippen LogP contribution in [0.4, 0.5) is 0 Å². The van der Waals surface area contributed by atoms with Crippen LogP contribution in [0.25, 0.3) is 10.9 Å². The number of carbonyl (C=O) groups excluding carboxylic acids is 1. The van der Waals surface area contributed by atoms with E-state index in [0.29, 0.717) is 6.42 Å². The maximum Gasteiger partial charge on any atom is 0.221 e. The fourth-order valence-corrected chi connectivity index (χ4v) is 3.73. The Kier molecular flexibility index (Phi) is 6.00. The number of para-hydroxylation sites is 1. The molecule has 0 fully saturated rings. The zero-order valence-corrected chi connectivity index (χ0v) is 16.8. The van der Waals surface area contributed by atoms with E-state index in [4.69, 9.17) is 0 Å². The number of carbonyl (C=O) groups is 1. The van der Waals surface area contributed by atoms with Crippen LogP contribution >= 0.6 is 0 Å². The van der Waals surface area contributed by atoms with Crippen molar-refractivity contribution in [1.29, 1.82) is 0 Å². The monoisotopic (exact) mass is 362 g/mol. The molecule has 0 aliphatic carbocycles. The van der Waals surface area contributed by atoms with Crippen molar-refractivity contribution in [2.24, 2.45) is 0 Å². The molecule has 3 aromatic rings. The second-order valence-electron chi connectivity index (χ2n) is 7.44. The lowest BCUT2D eigenvalue weighted by molar-refractivity contribution is -0.121. The Labute approximate surface area is 162 Å². The molecule has 1 amide bonds. The number of nitrogens with one attached hydrogen (secondary N) is 1. The maximum absolute atomic E-state index is 12.7. The van der Waals surface area contributed by atoms with Crippen LogP contribution in [0, 0.1) is 6.92 Å². The molecule has 0 aliphatic rings. The van der Waals surface area contributed by atoms with Crippen molar-refractivity contribution in [1.82, 2.24) is 9.88 Å². The van der Waals surface area contributed by atoms with Gasteiger partial charge in [-0.05, 0) is 44.4 Å². The van der Waals surface area contributed by atoms with Crippen molar-refractivity contribution in [3.63, 3.8) is 0 Å². The van der Waals surface area contributed by atoms with E-state index in [0.717, 1.165) is 13.0 Å². The molecule has 3 nitrogen and oxygen atoms in total. The minimum Gasteiger partial charge on any atom is -0.354 e. The van der Waals surface area contributed by atoms with Gasteiger partial charge in [0.05, 0.1) is 0 Å². The molecule has 1 aromatic heterocycles. The average molecular weight is 363 g/mol. The normalized spacial score (nSPS) is 13.5. The van der Waals surface area contributed by atoms with Gasteiger partial charge in [0.1, 0.15) is 0 Å². The van der Waals surface area contributed by atoms with Gasteiger partial charge < -0.3 is 9.88 Å². The van der Waals surface area contributed by atoms with Gasteiger partial charge in [0, 0.05) is 42.0 Å². The van der Waals surface area contributed by atoms with Crippen molar-refractivity contribution in [3.05, 3.63) is 71.4 Å². The highest BCUT2D eigenvalue weighted by atomic mass is 16.1. The van der Waals surface area contributed by atoms with Crippen molar-refractivity contribution in [3.8, 4) is 0 Å². The first kappa shape index (κ1) is 19.2. The minimum atomic E-state index is 0.0478. The van der Waals surface area contributed by atoms with E-state index in [1.54, 1.807) is 0 Å². The lowest BCUT2D eigenvalue weighted by Crippen LogP contribution is -2.33. The zero-order chi connectivity index (χ0) is 19.4. The van der Waals surface area contributed by atoms with Crippen molar-refractivity contribution < 1.29 is 4.79 Å². The van der Waals surface area contributed by atoms with Gasteiger partial charge in [0.25, 0.3) is 0 Å². The largest absolute Gasteiger partial charge is 0.354 e. The summed E-state index contributed by atoms with van der Waals surface area (Å²) in [6.45, 7) is 9.34. The Morgan fingerprint density at radius 3 is 2.59 bits per heavy atom. The van der Waals surface area contributed by atoms with Gasteiger partial charge in [-0.3, -0.25) is 4.79 Å². The molecule has 27 heavy (non-hydrogen) atoms. The molecule has 0 spiro atoms. The van der Waals surface area contributed by atoms with Gasteiger partial charge in [-0.2, -0.15) is 0 Å². The fraction of sp³-hybridized carbons (Fsp3) is 0.375. The summed E-state index contributed by atoms with van der Waals surface area (Å²) in [6.07, 6.45) is 3.63. The van der Waals surface area contributed by atoms with Gasteiger partial charge in [-0.25, -0.2) is 0 Å². The van der Waals surface area contributed by atoms with Gasteiger partial charge in [-0.1, -0.05) is 55.0 Å². The molecule has 1 heterocycles. The molecule has 0 bridgehead atoms. The summed E-state index contributed by atoms with van der Waals surface area (Å²) in [5.74, 6) is 0.163. The Hall–Kier alpha value is -2.55. The topological polar surface area (TPSA) is 34.0 Å². The molecule has 3 heteroatoms. The first-order chi connectivity index (χ1) is 13.0. The first-order valence-electron chi connectivity index (χ1n) is 9.97. The summed E-state index contributed by atoms with van der Waals surface area (Å²) < 4.78 is 2.28. The average Bonchev–Trinajstić information content (AvgIpc) is 3.04. The standard InChI is InChI=1S/C24H30N2O/c1-5-18(4)25-24(27)15-21(19-11-9-10-17(3)14-19)22-16-26(6-2)23-13-8-7-12-20(22)23/h7-14,16,18,21H,5-6,15H2,1-4H3,(H,25,27)/t18-,21-/m0/s1. The highest BCUT2D eigenvalue weighted by Crippen LogP contribution is 2.35. The van der Waals surface area contributed by atoms with Crippen LogP contribution in [0.1, 0.15) is 56.2 Å². The Bertz CT molecular complexity index is 925. The molecule has 3 rings (SSSR count). The summed E-state index contributed by atoms with van der Waals surface area (Å²) in [7, 11) is 0. The zero-order valence-electron chi connectivity index (χ0n) is 16.8. The molecule has 1 N–H and O–H groups in total. The molecular formula is C24H30N2O. The van der Waals surface area contributed by atoms with Gasteiger partial charge >= 0.3 is 0 Å².